The van der Waals surface area contributed by atoms with E-state index in [1.807, 2.05) is 0 Å². The molecule has 13 heteroatoms. The number of aromatic nitrogens is 3. The van der Waals surface area contributed by atoms with Gasteiger partial charge in [-0.3, -0.25) is 4.79 Å². The molecule has 33 heavy (non-hydrogen) atoms. The second-order valence-corrected chi connectivity index (χ2v) is 8.24. The number of aromatic carboxylic acids is 1. The zero-order valence-corrected chi connectivity index (χ0v) is 17.0. The topological polar surface area (TPSA) is 181 Å². The highest BCUT2D eigenvalue weighted by Crippen LogP contribution is 2.34. The van der Waals surface area contributed by atoms with Gasteiger partial charge in [-0.15, -0.1) is 17.7 Å². The maximum Gasteiger partial charge on any atom is 0.244 e. The summed E-state index contributed by atoms with van der Waals surface area (Å²) in [5.74, 6) is -2.98. The molecule has 1 amide bonds. The number of amides is 1. The van der Waals surface area contributed by atoms with Gasteiger partial charge in [0.2, 0.25) is 12.5 Å². The zero-order valence-electron chi connectivity index (χ0n) is 17.0. The van der Waals surface area contributed by atoms with E-state index >= 15 is 0 Å². The Morgan fingerprint density at radius 1 is 1.21 bits per heavy atom. The first-order valence-electron chi connectivity index (χ1n) is 10.1. The predicted molar refractivity (Wildman–Crippen MR) is 110 cm³/mol. The third-order valence-corrected chi connectivity index (χ3v) is 5.69. The molecule has 3 heterocycles. The van der Waals surface area contributed by atoms with Gasteiger partial charge in [0.25, 0.3) is 0 Å². The molecule has 0 radical (unpaired) electrons. The van der Waals surface area contributed by atoms with Gasteiger partial charge in [0, 0.05) is 24.2 Å². The lowest BCUT2D eigenvalue weighted by atomic mass is 9.47. The summed E-state index contributed by atoms with van der Waals surface area (Å²) < 4.78 is 7.00. The Morgan fingerprint density at radius 3 is 2.61 bits per heavy atom. The zero-order chi connectivity index (χ0) is 23.0. The number of hydrogen-bond donors (Lipinski definition) is 2. The SMILES string of the molecule is C.O=C([O-])Cc1cn(CC(=O)N2CC(Oc3ccc4c(c3C(=O)[O-])C[B-](O)(O)CC4)C2)nn1. The number of nitrogens with zero attached hydrogens (tertiary/aromatic N) is 4. The number of ether oxygens (including phenoxy) is 1. The number of likely N-dealkylation sites (tertiary alicyclic amines) is 1. The summed E-state index contributed by atoms with van der Waals surface area (Å²) in [6.45, 7) is -2.36. The van der Waals surface area contributed by atoms with Gasteiger partial charge in [0.1, 0.15) is 18.4 Å². The third kappa shape index (κ3) is 5.31. The average molecular weight is 459 g/mol. The van der Waals surface area contributed by atoms with Crippen molar-refractivity contribution in [2.24, 2.45) is 0 Å². The van der Waals surface area contributed by atoms with Crippen molar-refractivity contribution in [2.75, 3.05) is 13.1 Å². The standard InChI is InChI=1S/C19H22BN4O8.CH4/c25-16(10-24-7-12(21-22-24)5-17(26)27)23-8-13(9-23)32-15-2-1-11-3-4-20(30,31)6-14(11)18(15)19(28)29;/h1-2,7,13,30-31H,3-6,8-10H2,(H,26,27)(H,28,29);1H4/q-1;/p-2. The lowest BCUT2D eigenvalue weighted by Crippen LogP contribution is -2.57. The van der Waals surface area contributed by atoms with E-state index in [-0.39, 0.29) is 62.6 Å². The van der Waals surface area contributed by atoms with Crippen LogP contribution in [0.4, 0.5) is 0 Å². The molecular formula is C20H24BN4O8-3. The Bertz CT molecular complexity index is 1080. The molecule has 12 nitrogen and oxygen atoms in total. The second kappa shape index (κ2) is 9.20. The molecule has 0 bridgehead atoms. The molecular weight excluding hydrogens is 435 g/mol. The van der Waals surface area contributed by atoms with Gasteiger partial charge in [0.05, 0.1) is 24.8 Å². The number of aryl methyl sites for hydroxylation is 1. The minimum atomic E-state index is -2.67. The van der Waals surface area contributed by atoms with Crippen LogP contribution in [0.5, 0.6) is 5.75 Å². The first-order chi connectivity index (χ1) is 15.1. The predicted octanol–water partition coefficient (Wildman–Crippen LogP) is -3.08. The van der Waals surface area contributed by atoms with E-state index in [2.05, 4.69) is 10.3 Å². The number of aliphatic carboxylic acids is 1. The molecule has 0 aliphatic carbocycles. The van der Waals surface area contributed by atoms with Crippen molar-refractivity contribution in [3.05, 3.63) is 40.7 Å². The molecule has 2 N–H and O–H groups in total. The lowest BCUT2D eigenvalue weighted by Gasteiger charge is -2.40. The van der Waals surface area contributed by atoms with Crippen molar-refractivity contribution < 1.29 is 39.4 Å². The molecule has 178 valence electrons. The van der Waals surface area contributed by atoms with Crippen LogP contribution in [-0.4, -0.2) is 73.5 Å². The van der Waals surface area contributed by atoms with Crippen LogP contribution in [0.25, 0.3) is 0 Å². The molecule has 4 rings (SSSR count). The number of carboxylic acid groups (broad SMARTS) is 2. The fraction of sp³-hybridized carbons (Fsp3) is 0.450. The first kappa shape index (κ1) is 24.2. The number of carboxylic acids is 2. The molecule has 2 aliphatic heterocycles. The van der Waals surface area contributed by atoms with Gasteiger partial charge >= 0.3 is 0 Å². The van der Waals surface area contributed by atoms with Gasteiger partial charge < -0.3 is 39.5 Å². The number of carbonyl (C=O) groups is 3. The summed E-state index contributed by atoms with van der Waals surface area (Å²) in [5, 5.41) is 49.7. The fourth-order valence-corrected chi connectivity index (χ4v) is 4.05. The van der Waals surface area contributed by atoms with Crippen LogP contribution in [0, 0.1) is 0 Å². The minimum Gasteiger partial charge on any atom is -0.583 e. The number of fused-ring (bicyclic) bond motifs is 1. The highest BCUT2D eigenvalue weighted by Gasteiger charge is 2.34. The molecule has 1 saturated heterocycles. The lowest BCUT2D eigenvalue weighted by molar-refractivity contribution is -0.304. The van der Waals surface area contributed by atoms with E-state index in [1.165, 1.54) is 21.8 Å². The summed E-state index contributed by atoms with van der Waals surface area (Å²) >= 11 is 0. The van der Waals surface area contributed by atoms with Crippen molar-refractivity contribution in [1.82, 2.24) is 19.9 Å². The normalized spacial score (nSPS) is 16.8. The highest BCUT2D eigenvalue weighted by atomic mass is 16.5. The maximum atomic E-state index is 12.4. The summed E-state index contributed by atoms with van der Waals surface area (Å²) in [7, 11) is 0. The van der Waals surface area contributed by atoms with Gasteiger partial charge in [-0.05, 0) is 11.6 Å². The van der Waals surface area contributed by atoms with Crippen LogP contribution in [0.15, 0.2) is 18.3 Å². The number of rotatable bonds is 7. The molecule has 1 aromatic heterocycles. The largest absolute Gasteiger partial charge is 0.583 e. The van der Waals surface area contributed by atoms with Crippen molar-refractivity contribution in [1.29, 1.82) is 0 Å². The van der Waals surface area contributed by atoms with Crippen LogP contribution in [-0.2, 0) is 35.3 Å². The van der Waals surface area contributed by atoms with Crippen LogP contribution in [0.2, 0.25) is 6.32 Å². The van der Waals surface area contributed by atoms with Gasteiger partial charge in [-0.25, -0.2) is 4.68 Å². The monoisotopic (exact) mass is 459 g/mol. The van der Waals surface area contributed by atoms with E-state index < -0.39 is 31.0 Å². The molecule has 1 fully saturated rings. The van der Waals surface area contributed by atoms with Gasteiger partial charge in [-0.1, -0.05) is 30.7 Å². The Labute approximate surface area is 189 Å². The van der Waals surface area contributed by atoms with E-state index in [9.17, 15) is 34.6 Å². The smallest absolute Gasteiger partial charge is 0.244 e. The highest BCUT2D eigenvalue weighted by molar-refractivity contribution is 6.64. The first-order valence-corrected chi connectivity index (χ1v) is 10.1. The van der Waals surface area contributed by atoms with E-state index in [4.69, 9.17) is 4.74 Å². The molecule has 0 atom stereocenters. The van der Waals surface area contributed by atoms with Crippen LogP contribution in [0.3, 0.4) is 0 Å². The summed E-state index contributed by atoms with van der Waals surface area (Å²) in [4.78, 5) is 36.2. The maximum absolute atomic E-state index is 12.4. The number of carbonyl (C=O) groups excluding carboxylic acids is 3. The van der Waals surface area contributed by atoms with Crippen LogP contribution < -0.4 is 14.9 Å². The Kier molecular flexibility index (Phi) is 6.74. The molecule has 0 unspecified atom stereocenters. The average Bonchev–Trinajstić information content (AvgIpc) is 3.08. The number of hydrogen-bond acceptors (Lipinski definition) is 10. The van der Waals surface area contributed by atoms with Crippen molar-refractivity contribution in [2.45, 2.75) is 45.6 Å². The van der Waals surface area contributed by atoms with E-state index in [1.54, 1.807) is 6.07 Å². The van der Waals surface area contributed by atoms with E-state index in [0.29, 0.717) is 17.5 Å². The number of benzene rings is 1. The minimum absolute atomic E-state index is 0. The third-order valence-electron chi connectivity index (χ3n) is 5.69. The van der Waals surface area contributed by atoms with Crippen molar-refractivity contribution in [3.63, 3.8) is 0 Å². The molecule has 2 aliphatic rings. The van der Waals surface area contributed by atoms with Gasteiger partial charge in [0.15, 0.2) is 0 Å². The van der Waals surface area contributed by atoms with Crippen molar-refractivity contribution >= 4 is 24.4 Å². The summed E-state index contributed by atoms with van der Waals surface area (Å²) in [6, 6.07) is 3.23. The Morgan fingerprint density at radius 2 is 1.94 bits per heavy atom. The molecule has 2 aromatic rings. The second-order valence-electron chi connectivity index (χ2n) is 8.24. The Hall–Kier alpha value is -3.45. The summed E-state index contributed by atoms with van der Waals surface area (Å²) in [5.41, 5.74) is 1.02. The molecule has 1 aromatic carbocycles. The van der Waals surface area contributed by atoms with E-state index in [0.717, 1.165) is 0 Å². The quantitative estimate of drug-likeness (QED) is 0.403. The van der Waals surface area contributed by atoms with Gasteiger partial charge in [-0.2, -0.15) is 0 Å². The molecule has 0 spiro atoms. The van der Waals surface area contributed by atoms with Crippen molar-refractivity contribution in [3.8, 4) is 5.75 Å². The van der Waals surface area contributed by atoms with Crippen LogP contribution in [0.1, 0.15) is 34.6 Å². The fourth-order valence-electron chi connectivity index (χ4n) is 4.05. The van der Waals surface area contributed by atoms with Crippen LogP contribution >= 0.6 is 0 Å². The molecule has 0 saturated carbocycles. The summed E-state index contributed by atoms with van der Waals surface area (Å²) in [6.07, 6.45) is 0.848. The Balaban J connectivity index is 0.00000306.